The van der Waals surface area contributed by atoms with Crippen LogP contribution in [0.25, 0.3) is 0 Å². The van der Waals surface area contributed by atoms with Crippen molar-refractivity contribution in [2.75, 3.05) is 65.9 Å². The van der Waals surface area contributed by atoms with Gasteiger partial charge in [0.2, 0.25) is 0 Å². The Balaban J connectivity index is 0. The van der Waals surface area contributed by atoms with E-state index < -0.39 is 20.2 Å². The number of hydrogen-bond acceptors (Lipinski definition) is 4. The van der Waals surface area contributed by atoms with Crippen LogP contribution in [0.2, 0.25) is 0 Å². The normalized spacial score (nSPS) is 12.7. The zero-order valence-corrected chi connectivity index (χ0v) is 33.1. The molecule has 8 nitrogen and oxygen atoms in total. The van der Waals surface area contributed by atoms with Gasteiger partial charge in [-0.3, -0.25) is 9.11 Å². The van der Waals surface area contributed by atoms with Crippen molar-refractivity contribution in [3.8, 4) is 0 Å². The Hall–Kier alpha value is -0.260. The predicted molar refractivity (Wildman–Crippen MR) is 199 cm³/mol. The smallest absolute Gasteiger partial charge is 0.265 e. The Kier molecular flexibility index (Phi) is 30.8. The monoisotopic (exact) mass is 701 g/mol. The Morgan fingerprint density at radius 2 is 0.543 bits per heavy atom. The molecule has 0 amide bonds. The summed E-state index contributed by atoms with van der Waals surface area (Å²) >= 11 is 0. The maximum atomic E-state index is 10.7. The van der Waals surface area contributed by atoms with Crippen LogP contribution in [0.15, 0.2) is 0 Å². The lowest BCUT2D eigenvalue weighted by Crippen LogP contribution is -2.41. The molecule has 0 radical (unpaired) electrons. The molecule has 0 unspecified atom stereocenters. The minimum Gasteiger partial charge on any atom is -0.328 e. The molecule has 0 spiro atoms. The van der Waals surface area contributed by atoms with Crippen molar-refractivity contribution in [3.05, 3.63) is 0 Å². The molecule has 0 bridgehead atoms. The van der Waals surface area contributed by atoms with E-state index in [1.54, 1.807) is 0 Å². The molecule has 0 fully saturated rings. The summed E-state index contributed by atoms with van der Waals surface area (Å²) in [6.45, 7) is 8.29. The maximum absolute atomic E-state index is 10.7. The minimum absolute atomic E-state index is 0.118. The van der Waals surface area contributed by atoms with Gasteiger partial charge in [0.1, 0.15) is 0 Å². The fourth-order valence-electron chi connectivity index (χ4n) is 5.98. The molecule has 0 saturated carbocycles. The first-order valence-corrected chi connectivity index (χ1v) is 22.3. The van der Waals surface area contributed by atoms with E-state index in [0.29, 0.717) is 12.8 Å². The van der Waals surface area contributed by atoms with Gasteiger partial charge in [-0.05, 0) is 25.7 Å². The summed E-state index contributed by atoms with van der Waals surface area (Å²) in [6, 6.07) is 0. The standard InChI is InChI=1S/C19H41NO3S.C17H37NO3S/c1-4-5-6-7-8-9-10-11-12-13-14-15-17-20(2,3)18-16-19-24(21,22)23;1-4-5-6-7-8-9-10-11-12-13-15-18(2,3)16-14-17-22(19,20)21/h4-19H2,1-3H3;4-17H2,1-3H3/p+2. The van der Waals surface area contributed by atoms with E-state index in [4.69, 9.17) is 9.11 Å². The van der Waals surface area contributed by atoms with Gasteiger partial charge >= 0.3 is 0 Å². The second-order valence-corrected chi connectivity index (χ2v) is 18.3. The van der Waals surface area contributed by atoms with Crippen LogP contribution in [-0.4, -0.2) is 101 Å². The largest absolute Gasteiger partial charge is 0.328 e. The van der Waals surface area contributed by atoms with Crippen LogP contribution in [0.4, 0.5) is 0 Å². The van der Waals surface area contributed by atoms with Crippen molar-refractivity contribution >= 4 is 20.2 Å². The molecule has 0 aliphatic carbocycles. The SMILES string of the molecule is CCCCCCCCCCCCCC[N+](C)(C)CCCS(=O)(=O)O.CCCCCCCCCCCC[N+](C)(C)CCCS(=O)(=O)O. The van der Waals surface area contributed by atoms with Gasteiger partial charge in [-0.25, -0.2) is 0 Å². The average Bonchev–Trinajstić information content (AvgIpc) is 2.93. The van der Waals surface area contributed by atoms with Crippen LogP contribution in [0.3, 0.4) is 0 Å². The number of rotatable bonds is 32. The number of hydrogen-bond donors (Lipinski definition) is 2. The van der Waals surface area contributed by atoms with E-state index >= 15 is 0 Å². The molecule has 0 aromatic carbocycles. The molecule has 0 saturated heterocycles. The summed E-state index contributed by atoms with van der Waals surface area (Å²) in [4.78, 5) is 0. The number of unbranched alkanes of at least 4 members (excludes halogenated alkanes) is 20. The van der Waals surface area contributed by atoms with E-state index in [0.717, 1.165) is 35.1 Å². The lowest BCUT2D eigenvalue weighted by Gasteiger charge is -2.29. The molecule has 0 rings (SSSR count). The Morgan fingerprint density at radius 1 is 0.348 bits per heavy atom. The van der Waals surface area contributed by atoms with Gasteiger partial charge in [0.15, 0.2) is 0 Å². The third kappa shape index (κ3) is 41.8. The molecule has 46 heavy (non-hydrogen) atoms. The molecular weight excluding hydrogens is 621 g/mol. The fraction of sp³-hybridized carbons (Fsp3) is 1.00. The van der Waals surface area contributed by atoms with Crippen molar-refractivity contribution in [3.63, 3.8) is 0 Å². The molecule has 280 valence electrons. The van der Waals surface area contributed by atoms with Crippen molar-refractivity contribution in [1.82, 2.24) is 0 Å². The highest BCUT2D eigenvalue weighted by molar-refractivity contribution is 7.86. The maximum Gasteiger partial charge on any atom is 0.265 e. The van der Waals surface area contributed by atoms with Crippen molar-refractivity contribution < 1.29 is 34.9 Å². The summed E-state index contributed by atoms with van der Waals surface area (Å²) in [5.41, 5.74) is 0. The number of quaternary nitrogens is 2. The van der Waals surface area contributed by atoms with Gasteiger partial charge in [-0.1, -0.05) is 129 Å². The quantitative estimate of drug-likeness (QED) is 0.0411. The zero-order chi connectivity index (χ0) is 35.2. The van der Waals surface area contributed by atoms with Crippen LogP contribution in [0, 0.1) is 0 Å². The van der Waals surface area contributed by atoms with Crippen molar-refractivity contribution in [1.29, 1.82) is 0 Å². The van der Waals surface area contributed by atoms with Crippen LogP contribution in [0.1, 0.15) is 168 Å². The van der Waals surface area contributed by atoms with Crippen LogP contribution in [0.5, 0.6) is 0 Å². The molecule has 0 aromatic rings. The third-order valence-electron chi connectivity index (χ3n) is 9.07. The first kappa shape index (κ1) is 47.9. The van der Waals surface area contributed by atoms with Gasteiger partial charge in [0, 0.05) is 12.8 Å². The molecule has 2 N–H and O–H groups in total. The molecule has 0 atom stereocenters. The van der Waals surface area contributed by atoms with Crippen molar-refractivity contribution in [2.45, 2.75) is 168 Å². The Morgan fingerprint density at radius 3 is 0.761 bits per heavy atom. The Labute approximate surface area is 288 Å². The highest BCUT2D eigenvalue weighted by Crippen LogP contribution is 2.14. The first-order valence-electron chi connectivity index (χ1n) is 19.1. The van der Waals surface area contributed by atoms with Crippen LogP contribution in [-0.2, 0) is 20.2 Å². The predicted octanol–water partition coefficient (Wildman–Crippen LogP) is 9.30. The second-order valence-electron chi connectivity index (χ2n) is 15.1. The molecule has 0 aliphatic rings. The summed E-state index contributed by atoms with van der Waals surface area (Å²) in [5, 5.41) is 0. The summed E-state index contributed by atoms with van der Waals surface area (Å²) < 4.78 is 62.1. The molecule has 10 heteroatoms. The van der Waals surface area contributed by atoms with Gasteiger partial charge < -0.3 is 8.97 Å². The molecule has 0 heterocycles. The number of nitrogens with zero attached hydrogens (tertiary/aromatic N) is 2. The van der Waals surface area contributed by atoms with E-state index in [1.165, 1.54) is 141 Å². The highest BCUT2D eigenvalue weighted by atomic mass is 32.2. The van der Waals surface area contributed by atoms with Crippen molar-refractivity contribution in [2.24, 2.45) is 0 Å². The molecule has 0 aromatic heterocycles. The van der Waals surface area contributed by atoms with E-state index in [-0.39, 0.29) is 11.5 Å². The first-order chi connectivity index (χ1) is 21.5. The van der Waals surface area contributed by atoms with Gasteiger partial charge in [-0.15, -0.1) is 0 Å². The lowest BCUT2D eigenvalue weighted by atomic mass is 10.1. The minimum atomic E-state index is -3.80. The summed E-state index contributed by atoms with van der Waals surface area (Å²) in [5.74, 6) is -0.236. The van der Waals surface area contributed by atoms with Gasteiger partial charge in [-0.2, -0.15) is 16.8 Å². The van der Waals surface area contributed by atoms with E-state index in [9.17, 15) is 16.8 Å². The molecule has 0 aliphatic heterocycles. The Bertz CT molecular complexity index is 877. The van der Waals surface area contributed by atoms with Crippen LogP contribution >= 0.6 is 0 Å². The lowest BCUT2D eigenvalue weighted by molar-refractivity contribution is -0.890. The van der Waals surface area contributed by atoms with Gasteiger partial charge in [0.05, 0.1) is 65.9 Å². The van der Waals surface area contributed by atoms with Crippen LogP contribution < -0.4 is 0 Å². The highest BCUT2D eigenvalue weighted by Gasteiger charge is 2.17. The molecular formula is C36H80N2O6S2+2. The van der Waals surface area contributed by atoms with E-state index in [1.807, 2.05) is 0 Å². The third-order valence-corrected chi connectivity index (χ3v) is 10.7. The van der Waals surface area contributed by atoms with E-state index in [2.05, 4.69) is 42.0 Å². The second kappa shape index (κ2) is 29.6. The van der Waals surface area contributed by atoms with Gasteiger partial charge in [0.25, 0.3) is 20.2 Å². The average molecular weight is 701 g/mol. The topological polar surface area (TPSA) is 109 Å². The summed E-state index contributed by atoms with van der Waals surface area (Å²) in [7, 11) is 0.952. The zero-order valence-electron chi connectivity index (χ0n) is 31.5. The summed E-state index contributed by atoms with van der Waals surface area (Å²) in [6.07, 6.45) is 30.7. The fourth-order valence-corrected chi connectivity index (χ4v) is 6.97.